The molecule has 0 aliphatic carbocycles. The summed E-state index contributed by atoms with van der Waals surface area (Å²) in [6.07, 6.45) is -2.46. The molecular formula is C10H11F3N2O3. The van der Waals surface area contributed by atoms with Crippen LogP contribution in [-0.2, 0) is 11.3 Å². The lowest BCUT2D eigenvalue weighted by Gasteiger charge is -2.27. The van der Waals surface area contributed by atoms with Crippen molar-refractivity contribution in [2.24, 2.45) is 5.41 Å². The molecular weight excluding hydrogens is 253 g/mol. The monoisotopic (exact) mass is 264 g/mol. The van der Waals surface area contributed by atoms with Gasteiger partial charge in [-0.2, -0.15) is 13.2 Å². The molecule has 1 aromatic heterocycles. The Morgan fingerprint density at radius 1 is 1.61 bits per heavy atom. The first kappa shape index (κ1) is 12.9. The number of hydrogen-bond acceptors (Lipinski definition) is 4. The predicted molar refractivity (Wildman–Crippen MR) is 52.5 cm³/mol. The first-order valence-electron chi connectivity index (χ1n) is 5.26. The molecule has 0 saturated carbocycles. The van der Waals surface area contributed by atoms with Gasteiger partial charge in [-0.05, 0) is 6.42 Å². The average molecular weight is 264 g/mol. The molecule has 5 nitrogen and oxygen atoms in total. The molecule has 100 valence electrons. The highest BCUT2D eigenvalue weighted by atomic mass is 19.4. The molecule has 1 fully saturated rings. The van der Waals surface area contributed by atoms with E-state index in [2.05, 4.69) is 9.68 Å². The summed E-state index contributed by atoms with van der Waals surface area (Å²) in [5.74, 6) is -1.82. The number of alkyl halides is 3. The fourth-order valence-corrected chi connectivity index (χ4v) is 2.11. The minimum atomic E-state index is -4.75. The van der Waals surface area contributed by atoms with Crippen molar-refractivity contribution in [3.63, 3.8) is 0 Å². The van der Waals surface area contributed by atoms with Crippen molar-refractivity contribution in [2.45, 2.75) is 19.1 Å². The highest BCUT2D eigenvalue weighted by molar-refractivity contribution is 5.76. The normalized spacial score (nSPS) is 25.5. The molecule has 2 heterocycles. The molecule has 0 amide bonds. The van der Waals surface area contributed by atoms with Crippen LogP contribution in [0.2, 0.25) is 0 Å². The molecule has 18 heavy (non-hydrogen) atoms. The van der Waals surface area contributed by atoms with Crippen LogP contribution < -0.4 is 0 Å². The molecule has 2 rings (SSSR count). The Labute approximate surface area is 100 Å². The number of rotatable bonds is 3. The van der Waals surface area contributed by atoms with Crippen LogP contribution in [0.1, 0.15) is 12.0 Å². The van der Waals surface area contributed by atoms with E-state index in [-0.39, 0.29) is 13.1 Å². The van der Waals surface area contributed by atoms with Crippen molar-refractivity contribution in [2.75, 3.05) is 13.1 Å². The third-order valence-electron chi connectivity index (χ3n) is 3.19. The van der Waals surface area contributed by atoms with Crippen molar-refractivity contribution in [1.29, 1.82) is 0 Å². The lowest BCUT2D eigenvalue weighted by atomic mass is 9.86. The van der Waals surface area contributed by atoms with Gasteiger partial charge >= 0.3 is 12.1 Å². The zero-order valence-corrected chi connectivity index (χ0v) is 9.28. The molecule has 0 radical (unpaired) electrons. The van der Waals surface area contributed by atoms with Gasteiger partial charge in [-0.1, -0.05) is 5.16 Å². The number of carbonyl (C=O) groups is 1. The van der Waals surface area contributed by atoms with Crippen LogP contribution >= 0.6 is 0 Å². The van der Waals surface area contributed by atoms with Gasteiger partial charge in [0.15, 0.2) is 5.41 Å². The van der Waals surface area contributed by atoms with E-state index in [1.807, 2.05) is 0 Å². The Morgan fingerprint density at radius 2 is 2.33 bits per heavy atom. The molecule has 1 aromatic rings. The molecule has 0 aromatic carbocycles. The van der Waals surface area contributed by atoms with Gasteiger partial charge < -0.3 is 9.63 Å². The summed E-state index contributed by atoms with van der Waals surface area (Å²) in [5, 5.41) is 12.3. The van der Waals surface area contributed by atoms with E-state index < -0.39 is 30.5 Å². The topological polar surface area (TPSA) is 66.6 Å². The second kappa shape index (κ2) is 4.27. The van der Waals surface area contributed by atoms with E-state index in [0.717, 1.165) is 0 Å². The molecule has 1 saturated heterocycles. The minimum absolute atomic E-state index is 0.0803. The van der Waals surface area contributed by atoms with Gasteiger partial charge in [-0.15, -0.1) is 0 Å². The van der Waals surface area contributed by atoms with E-state index in [1.165, 1.54) is 17.4 Å². The van der Waals surface area contributed by atoms with Crippen LogP contribution in [0.15, 0.2) is 17.0 Å². The van der Waals surface area contributed by atoms with Crippen molar-refractivity contribution < 1.29 is 27.6 Å². The molecule has 1 aliphatic heterocycles. The average Bonchev–Trinajstić information content (AvgIpc) is 2.86. The fourth-order valence-electron chi connectivity index (χ4n) is 2.11. The molecule has 8 heteroatoms. The molecule has 1 N–H and O–H groups in total. The fraction of sp³-hybridized carbons (Fsp3) is 0.600. The number of likely N-dealkylation sites (tertiary alicyclic amines) is 1. The third kappa shape index (κ3) is 2.07. The largest absolute Gasteiger partial charge is 0.481 e. The first-order valence-corrected chi connectivity index (χ1v) is 5.26. The minimum Gasteiger partial charge on any atom is -0.481 e. The van der Waals surface area contributed by atoms with Crippen molar-refractivity contribution >= 4 is 5.97 Å². The zero-order valence-electron chi connectivity index (χ0n) is 9.28. The summed E-state index contributed by atoms with van der Waals surface area (Å²) < 4.78 is 43.2. The maximum Gasteiger partial charge on any atom is 0.406 e. The van der Waals surface area contributed by atoms with Crippen molar-refractivity contribution in [3.05, 3.63) is 18.0 Å². The molecule has 0 spiro atoms. The number of carboxylic acid groups (broad SMARTS) is 1. The van der Waals surface area contributed by atoms with Gasteiger partial charge in [0.1, 0.15) is 6.26 Å². The number of hydrogen-bond donors (Lipinski definition) is 1. The summed E-state index contributed by atoms with van der Waals surface area (Å²) in [4.78, 5) is 12.4. The second-order valence-electron chi connectivity index (χ2n) is 4.38. The number of aliphatic carboxylic acids is 1. The van der Waals surface area contributed by atoms with Gasteiger partial charge in [0.2, 0.25) is 0 Å². The Morgan fingerprint density at radius 3 is 2.78 bits per heavy atom. The van der Waals surface area contributed by atoms with Crippen LogP contribution in [0, 0.1) is 5.41 Å². The summed E-state index contributed by atoms with van der Waals surface area (Å²) >= 11 is 0. The van der Waals surface area contributed by atoms with Crippen molar-refractivity contribution in [1.82, 2.24) is 10.1 Å². The quantitative estimate of drug-likeness (QED) is 0.896. The van der Waals surface area contributed by atoms with Crippen LogP contribution in [0.25, 0.3) is 0 Å². The number of halogens is 3. The van der Waals surface area contributed by atoms with E-state index in [1.54, 1.807) is 0 Å². The Hall–Kier alpha value is -1.57. The second-order valence-corrected chi connectivity index (χ2v) is 4.38. The molecule has 1 unspecified atom stereocenters. The Bertz CT molecular complexity index is 432. The zero-order chi connectivity index (χ0) is 13.4. The lowest BCUT2D eigenvalue weighted by Crippen LogP contribution is -2.47. The first-order chi connectivity index (χ1) is 8.35. The van der Waals surface area contributed by atoms with Gasteiger partial charge in [-0.3, -0.25) is 9.69 Å². The Kier molecular flexibility index (Phi) is 3.05. The Balaban J connectivity index is 2.12. The van der Waals surface area contributed by atoms with Gasteiger partial charge in [-0.25, -0.2) is 0 Å². The summed E-state index contributed by atoms with van der Waals surface area (Å²) in [6, 6.07) is 0. The highest BCUT2D eigenvalue weighted by Crippen LogP contribution is 2.45. The summed E-state index contributed by atoms with van der Waals surface area (Å²) in [7, 11) is 0. The van der Waals surface area contributed by atoms with Crippen LogP contribution in [-0.4, -0.2) is 40.4 Å². The van der Waals surface area contributed by atoms with E-state index in [9.17, 15) is 18.0 Å². The lowest BCUT2D eigenvalue weighted by molar-refractivity contribution is -0.227. The third-order valence-corrected chi connectivity index (χ3v) is 3.19. The smallest absolute Gasteiger partial charge is 0.406 e. The van der Waals surface area contributed by atoms with Crippen LogP contribution in [0.5, 0.6) is 0 Å². The molecule has 1 aliphatic rings. The number of carboxylic acids is 1. The van der Waals surface area contributed by atoms with Crippen LogP contribution in [0.3, 0.4) is 0 Å². The van der Waals surface area contributed by atoms with Gasteiger partial charge in [0.25, 0.3) is 0 Å². The molecule has 0 bridgehead atoms. The molecule has 1 atom stereocenters. The number of aromatic nitrogens is 1. The standard InChI is InChI=1S/C10H11F3N2O3/c11-10(12,13)9(8(16)17)1-2-15(6-9)4-7-3-14-18-5-7/h3,5H,1-2,4,6H2,(H,16,17). The van der Waals surface area contributed by atoms with Crippen LogP contribution in [0.4, 0.5) is 13.2 Å². The van der Waals surface area contributed by atoms with E-state index >= 15 is 0 Å². The maximum atomic E-state index is 12.9. The van der Waals surface area contributed by atoms with E-state index in [0.29, 0.717) is 5.56 Å². The van der Waals surface area contributed by atoms with Crippen molar-refractivity contribution in [3.8, 4) is 0 Å². The van der Waals surface area contributed by atoms with Gasteiger partial charge in [0, 0.05) is 25.2 Å². The maximum absolute atomic E-state index is 12.9. The predicted octanol–water partition coefficient (Wildman–Crippen LogP) is 1.51. The SMILES string of the molecule is O=C(O)C1(C(F)(F)F)CCN(Cc2cnoc2)C1. The van der Waals surface area contributed by atoms with Gasteiger partial charge in [0.05, 0.1) is 6.20 Å². The number of nitrogens with zero attached hydrogens (tertiary/aromatic N) is 2. The summed E-state index contributed by atoms with van der Waals surface area (Å²) in [5.41, 5.74) is -2.04. The highest BCUT2D eigenvalue weighted by Gasteiger charge is 2.63. The summed E-state index contributed by atoms with van der Waals surface area (Å²) in [6.45, 7) is -0.261. The van der Waals surface area contributed by atoms with E-state index in [4.69, 9.17) is 5.11 Å².